The van der Waals surface area contributed by atoms with Crippen LogP contribution in [0, 0.1) is 15.5 Å². The minimum atomic E-state index is -1.67. The van der Waals surface area contributed by atoms with E-state index in [1.807, 2.05) is 0 Å². The predicted molar refractivity (Wildman–Crippen MR) is 69.2 cm³/mol. The number of carbonyl (C=O) groups is 2. The fourth-order valence-electron chi connectivity index (χ4n) is 2.25. The van der Waals surface area contributed by atoms with Crippen LogP contribution in [-0.2, 0) is 4.79 Å². The van der Waals surface area contributed by atoms with Gasteiger partial charge in [0, 0.05) is 22.6 Å². The molecular weight excluding hydrogens is 272 g/mol. The van der Waals surface area contributed by atoms with Crippen LogP contribution >= 0.6 is 11.6 Å². The largest absolute Gasteiger partial charge is 0.314 e. The average molecular weight is 283 g/mol. The van der Waals surface area contributed by atoms with Crippen LogP contribution < -0.4 is 4.90 Å². The van der Waals surface area contributed by atoms with E-state index in [4.69, 9.17) is 11.6 Å². The molecule has 100 valence electrons. The summed E-state index contributed by atoms with van der Waals surface area (Å²) in [5.74, 6) is -1.14. The smallest absolute Gasteiger partial charge is 0.247 e. The van der Waals surface area contributed by atoms with Gasteiger partial charge in [0.15, 0.2) is 11.2 Å². The fraction of sp³-hybridized carbons (Fsp3) is 0.333. The number of carbonyl (C=O) groups excluding carboxylic acids is 2. The molecule has 7 heteroatoms. The van der Waals surface area contributed by atoms with Crippen LogP contribution in [0.1, 0.15) is 17.3 Å². The highest BCUT2D eigenvalue weighted by atomic mass is 35.5. The number of benzene rings is 1. The lowest BCUT2D eigenvalue weighted by Crippen LogP contribution is -2.53. The summed E-state index contributed by atoms with van der Waals surface area (Å²) < 4.78 is 0. The Kier molecular flexibility index (Phi) is 3.06. The van der Waals surface area contributed by atoms with Crippen molar-refractivity contribution < 1.29 is 14.5 Å². The van der Waals surface area contributed by atoms with Gasteiger partial charge in [0.05, 0.1) is 5.69 Å². The number of fused-ring (bicyclic) bond motifs is 1. The molecule has 6 nitrogen and oxygen atoms in total. The second kappa shape index (κ2) is 4.31. The summed E-state index contributed by atoms with van der Waals surface area (Å²) in [5, 5.41) is 11.1. The van der Waals surface area contributed by atoms with Crippen molar-refractivity contribution in [1.82, 2.24) is 0 Å². The molecule has 1 atom stereocenters. The Hall–Kier alpha value is -1.95. The molecule has 0 bridgehead atoms. The maximum atomic E-state index is 12.3. The van der Waals surface area contributed by atoms with Gasteiger partial charge in [-0.2, -0.15) is 0 Å². The van der Waals surface area contributed by atoms with Gasteiger partial charge >= 0.3 is 0 Å². The molecule has 1 aliphatic heterocycles. The van der Waals surface area contributed by atoms with Gasteiger partial charge in [-0.15, -0.1) is 0 Å². The SMILES string of the molecule is CN1C(=O)[C@](C)(C[N+](=O)[O-])C(=O)c2ccc(Cl)cc21. The van der Waals surface area contributed by atoms with E-state index < -0.39 is 28.6 Å². The molecular formula is C12H11ClN2O4. The number of hydrogen-bond acceptors (Lipinski definition) is 4. The minimum Gasteiger partial charge on any atom is -0.314 e. The highest BCUT2D eigenvalue weighted by Crippen LogP contribution is 2.38. The third-order valence-corrected chi connectivity index (χ3v) is 3.52. The lowest BCUT2D eigenvalue weighted by Gasteiger charge is -2.35. The topological polar surface area (TPSA) is 80.5 Å². The molecule has 2 rings (SSSR count). The fourth-order valence-corrected chi connectivity index (χ4v) is 2.41. The number of hydrogen-bond donors (Lipinski definition) is 0. The van der Waals surface area contributed by atoms with Crippen LogP contribution in [0.2, 0.25) is 5.02 Å². The Morgan fingerprint density at radius 3 is 2.63 bits per heavy atom. The first kappa shape index (κ1) is 13.5. The number of nitro groups is 1. The maximum absolute atomic E-state index is 12.3. The molecule has 0 saturated carbocycles. The van der Waals surface area contributed by atoms with E-state index >= 15 is 0 Å². The Balaban J connectivity index is 2.61. The number of nitrogens with zero attached hydrogens (tertiary/aromatic N) is 2. The lowest BCUT2D eigenvalue weighted by atomic mass is 9.77. The molecule has 1 amide bonds. The van der Waals surface area contributed by atoms with E-state index in [2.05, 4.69) is 0 Å². The molecule has 0 saturated heterocycles. The van der Waals surface area contributed by atoms with Crippen molar-refractivity contribution in [2.75, 3.05) is 18.5 Å². The molecule has 1 aromatic rings. The number of halogens is 1. The second-order valence-electron chi connectivity index (χ2n) is 4.68. The minimum absolute atomic E-state index is 0.274. The highest BCUT2D eigenvalue weighted by molar-refractivity contribution is 6.32. The predicted octanol–water partition coefficient (Wildman–Crippen LogP) is 1.78. The molecule has 0 N–H and O–H groups in total. The van der Waals surface area contributed by atoms with E-state index in [0.717, 1.165) is 0 Å². The summed E-state index contributed by atoms with van der Waals surface area (Å²) in [7, 11) is 1.47. The summed E-state index contributed by atoms with van der Waals surface area (Å²) in [5.41, 5.74) is -1.02. The number of amides is 1. The van der Waals surface area contributed by atoms with Crippen LogP contribution in [0.4, 0.5) is 5.69 Å². The van der Waals surface area contributed by atoms with Crippen LogP contribution in [0.5, 0.6) is 0 Å². The van der Waals surface area contributed by atoms with Crippen molar-refractivity contribution in [2.24, 2.45) is 5.41 Å². The van der Waals surface area contributed by atoms with Crippen molar-refractivity contribution in [3.05, 3.63) is 38.9 Å². The molecule has 0 unspecified atom stereocenters. The van der Waals surface area contributed by atoms with E-state index in [0.29, 0.717) is 10.7 Å². The maximum Gasteiger partial charge on any atom is 0.247 e. The molecule has 0 spiro atoms. The van der Waals surface area contributed by atoms with Gasteiger partial charge in [-0.1, -0.05) is 11.6 Å². The van der Waals surface area contributed by atoms with E-state index in [1.54, 1.807) is 0 Å². The first-order chi connectivity index (χ1) is 8.77. The zero-order valence-corrected chi connectivity index (χ0v) is 11.1. The van der Waals surface area contributed by atoms with Crippen molar-refractivity contribution in [2.45, 2.75) is 6.92 Å². The van der Waals surface area contributed by atoms with Crippen molar-refractivity contribution in [3.8, 4) is 0 Å². The summed E-state index contributed by atoms with van der Waals surface area (Å²) >= 11 is 5.84. The molecule has 0 aromatic heterocycles. The molecule has 1 aromatic carbocycles. The molecule has 0 radical (unpaired) electrons. The van der Waals surface area contributed by atoms with Crippen molar-refractivity contribution in [3.63, 3.8) is 0 Å². The zero-order valence-electron chi connectivity index (χ0n) is 10.3. The highest BCUT2D eigenvalue weighted by Gasteiger charge is 2.52. The third-order valence-electron chi connectivity index (χ3n) is 3.29. The van der Waals surface area contributed by atoms with Crippen molar-refractivity contribution >= 4 is 29.0 Å². The van der Waals surface area contributed by atoms with Crippen LogP contribution in [0.25, 0.3) is 0 Å². The van der Waals surface area contributed by atoms with E-state index in [9.17, 15) is 19.7 Å². The number of ketones is 1. The first-order valence-electron chi connectivity index (χ1n) is 5.51. The standard InChI is InChI=1S/C12H11ClN2O4/c1-12(6-15(18)19)10(16)8-4-3-7(13)5-9(8)14(2)11(12)17/h3-5H,6H2,1-2H3/t12-/m1/s1. The summed E-state index contributed by atoms with van der Waals surface area (Å²) in [6.07, 6.45) is 0. The molecule has 1 heterocycles. The summed E-state index contributed by atoms with van der Waals surface area (Å²) in [6.45, 7) is 0.575. The lowest BCUT2D eigenvalue weighted by molar-refractivity contribution is -0.489. The quantitative estimate of drug-likeness (QED) is 0.470. The van der Waals surface area contributed by atoms with Gasteiger partial charge < -0.3 is 4.90 Å². The molecule has 0 aliphatic carbocycles. The van der Waals surface area contributed by atoms with Gasteiger partial charge in [0.1, 0.15) is 0 Å². The second-order valence-corrected chi connectivity index (χ2v) is 5.11. The Morgan fingerprint density at radius 1 is 1.42 bits per heavy atom. The number of rotatable bonds is 2. The van der Waals surface area contributed by atoms with Gasteiger partial charge in [0.2, 0.25) is 12.5 Å². The monoisotopic (exact) mass is 282 g/mol. The van der Waals surface area contributed by atoms with Crippen LogP contribution in [0.15, 0.2) is 18.2 Å². The van der Waals surface area contributed by atoms with E-state index in [-0.39, 0.29) is 5.56 Å². The Morgan fingerprint density at radius 2 is 2.05 bits per heavy atom. The molecule has 1 aliphatic rings. The number of Topliss-reactive ketones (excluding diaryl/α,β-unsaturated/α-hetero) is 1. The molecule has 0 fully saturated rings. The van der Waals surface area contributed by atoms with Gasteiger partial charge in [0.25, 0.3) is 0 Å². The summed E-state index contributed by atoms with van der Waals surface area (Å²) in [4.78, 5) is 35.9. The van der Waals surface area contributed by atoms with Gasteiger partial charge in [-0.05, 0) is 25.1 Å². The van der Waals surface area contributed by atoms with Gasteiger partial charge in [-0.3, -0.25) is 19.7 Å². The molecule has 19 heavy (non-hydrogen) atoms. The zero-order chi connectivity index (χ0) is 14.4. The van der Waals surface area contributed by atoms with Gasteiger partial charge in [-0.25, -0.2) is 0 Å². The first-order valence-corrected chi connectivity index (χ1v) is 5.89. The Labute approximate surface area is 114 Å². The van der Waals surface area contributed by atoms with Crippen LogP contribution in [0.3, 0.4) is 0 Å². The van der Waals surface area contributed by atoms with Crippen molar-refractivity contribution in [1.29, 1.82) is 0 Å². The summed E-state index contributed by atoms with van der Waals surface area (Å²) in [6, 6.07) is 4.51. The van der Waals surface area contributed by atoms with E-state index in [1.165, 1.54) is 37.1 Å². The normalized spacial score (nSPS) is 22.4. The average Bonchev–Trinajstić information content (AvgIpc) is 2.33. The van der Waals surface area contributed by atoms with Crippen LogP contribution in [-0.4, -0.2) is 30.2 Å². The number of anilines is 1. The Bertz CT molecular complexity index is 601. The third kappa shape index (κ3) is 1.98.